The van der Waals surface area contributed by atoms with Gasteiger partial charge >= 0.3 is 0 Å². The third-order valence-corrected chi connectivity index (χ3v) is 6.35. The van der Waals surface area contributed by atoms with E-state index in [1.54, 1.807) is 0 Å². The fraction of sp³-hybridized carbons (Fsp3) is 0.548. The first-order valence-corrected chi connectivity index (χ1v) is 13.4. The lowest BCUT2D eigenvalue weighted by Crippen LogP contribution is -2.82. The smallest absolute Gasteiger partial charge is 0.226 e. The lowest BCUT2D eigenvalue weighted by atomic mass is 9.79. The molecule has 2 aromatic carbocycles. The van der Waals surface area contributed by atoms with Crippen LogP contribution >= 0.6 is 0 Å². The van der Waals surface area contributed by atoms with Gasteiger partial charge < -0.3 is 16.0 Å². The maximum atomic E-state index is 12.2. The van der Waals surface area contributed by atoms with Crippen molar-refractivity contribution >= 4 is 17.5 Å². The average molecular weight is 495 g/mol. The number of anilines is 1. The van der Waals surface area contributed by atoms with Gasteiger partial charge in [0.15, 0.2) is 0 Å². The topological polar surface area (TPSA) is 74.8 Å². The molecule has 0 atom stereocenters. The van der Waals surface area contributed by atoms with Crippen molar-refractivity contribution in [2.24, 2.45) is 0 Å². The Morgan fingerprint density at radius 1 is 0.750 bits per heavy atom. The Labute approximate surface area is 218 Å². The third kappa shape index (κ3) is 10.5. The van der Waals surface area contributed by atoms with E-state index in [-0.39, 0.29) is 29.1 Å². The van der Waals surface area contributed by atoms with Crippen LogP contribution in [0, 0.1) is 13.8 Å². The molecule has 2 aromatic rings. The fourth-order valence-electron chi connectivity index (χ4n) is 4.19. The Hall–Kier alpha value is -2.66. The van der Waals surface area contributed by atoms with Gasteiger partial charge in [-0.3, -0.25) is 9.59 Å². The standard InChI is InChI=1S/C31H47N3O2/c1-22-15-23(2)17-27(16-22)34-29(36)12-14-33-28(35)11-9-10-13-32-21-24-18-25(30(3,4)5)20-26(19-24)31(6,7)8/h15-20,32H,9-14,21H2,1-8H3,(H,33,35)(H,34,36)/p+1. The molecular weight excluding hydrogens is 446 g/mol. The molecule has 5 heteroatoms. The number of unbranched alkanes of at least 4 members (excludes halogenated alkanes) is 1. The molecule has 0 unspecified atom stereocenters. The summed E-state index contributed by atoms with van der Waals surface area (Å²) in [6.45, 7) is 19.9. The molecule has 0 saturated heterocycles. The zero-order valence-corrected chi connectivity index (χ0v) is 23.8. The van der Waals surface area contributed by atoms with Crippen LogP contribution in [0.25, 0.3) is 0 Å². The second kappa shape index (κ2) is 13.0. The number of hydrogen-bond donors (Lipinski definition) is 3. The summed E-state index contributed by atoms with van der Waals surface area (Å²) in [5, 5.41) is 8.11. The van der Waals surface area contributed by atoms with Gasteiger partial charge in [0, 0.05) is 30.6 Å². The van der Waals surface area contributed by atoms with Crippen molar-refractivity contribution in [1.29, 1.82) is 0 Å². The molecule has 0 saturated carbocycles. The maximum absolute atomic E-state index is 12.2. The summed E-state index contributed by atoms with van der Waals surface area (Å²) in [6, 6.07) is 13.0. The summed E-state index contributed by atoms with van der Waals surface area (Å²) < 4.78 is 0. The summed E-state index contributed by atoms with van der Waals surface area (Å²) in [7, 11) is 0. The zero-order chi connectivity index (χ0) is 26.9. The second-order valence-corrected chi connectivity index (χ2v) is 12.2. The number of nitrogens with two attached hydrogens (primary N) is 1. The van der Waals surface area contributed by atoms with Gasteiger partial charge in [-0.25, -0.2) is 0 Å². The molecule has 0 fully saturated rings. The van der Waals surface area contributed by atoms with Gasteiger partial charge in [0.2, 0.25) is 11.8 Å². The first-order chi connectivity index (χ1) is 16.7. The minimum absolute atomic E-state index is 0.0156. The lowest BCUT2D eigenvalue weighted by Gasteiger charge is -2.26. The summed E-state index contributed by atoms with van der Waals surface area (Å²) in [6.07, 6.45) is 2.62. The number of aryl methyl sites for hydroxylation is 2. The highest BCUT2D eigenvalue weighted by molar-refractivity contribution is 5.91. The molecule has 198 valence electrons. The highest BCUT2D eigenvalue weighted by Crippen LogP contribution is 2.30. The van der Waals surface area contributed by atoms with Gasteiger partial charge in [-0.05, 0) is 84.0 Å². The first-order valence-electron chi connectivity index (χ1n) is 13.4. The fourth-order valence-corrected chi connectivity index (χ4v) is 4.19. The number of benzene rings is 2. The Morgan fingerprint density at radius 3 is 1.89 bits per heavy atom. The molecule has 5 nitrogen and oxygen atoms in total. The quantitative estimate of drug-likeness (QED) is 0.372. The molecule has 36 heavy (non-hydrogen) atoms. The summed E-state index contributed by atoms with van der Waals surface area (Å²) in [5.41, 5.74) is 7.43. The van der Waals surface area contributed by atoms with Gasteiger partial charge in [-0.15, -0.1) is 0 Å². The number of amides is 2. The van der Waals surface area contributed by atoms with Crippen LogP contribution in [0.4, 0.5) is 5.69 Å². The van der Waals surface area contributed by atoms with Gasteiger partial charge in [-0.1, -0.05) is 53.7 Å². The van der Waals surface area contributed by atoms with Crippen LogP contribution in [-0.4, -0.2) is 24.9 Å². The Kier molecular flexibility index (Phi) is 10.7. The predicted octanol–water partition coefficient (Wildman–Crippen LogP) is 5.28. The SMILES string of the molecule is Cc1cc(C)cc(NC(=O)CCNC(=O)CCCC[NH2+]Cc2cc(C(C)(C)C)cc(C(C)(C)C)c2)c1. The molecule has 0 aromatic heterocycles. The second-order valence-electron chi connectivity index (χ2n) is 12.2. The van der Waals surface area contributed by atoms with Crippen LogP contribution in [0.15, 0.2) is 36.4 Å². The van der Waals surface area contributed by atoms with E-state index in [2.05, 4.69) is 81.8 Å². The number of hydrogen-bond acceptors (Lipinski definition) is 2. The number of nitrogens with one attached hydrogen (secondary N) is 2. The molecule has 0 heterocycles. The largest absolute Gasteiger partial charge is 0.356 e. The molecular formula is C31H48N3O2+. The minimum Gasteiger partial charge on any atom is -0.356 e. The van der Waals surface area contributed by atoms with E-state index in [9.17, 15) is 9.59 Å². The van der Waals surface area contributed by atoms with Crippen LogP contribution in [0.5, 0.6) is 0 Å². The molecule has 0 aliphatic rings. The van der Waals surface area contributed by atoms with Crippen LogP contribution in [0.3, 0.4) is 0 Å². The van der Waals surface area contributed by atoms with Crippen molar-refractivity contribution in [3.8, 4) is 0 Å². The number of rotatable bonds is 11. The van der Waals surface area contributed by atoms with Gasteiger partial charge in [0.1, 0.15) is 6.54 Å². The highest BCUT2D eigenvalue weighted by Gasteiger charge is 2.20. The molecule has 2 amide bonds. The van der Waals surface area contributed by atoms with E-state index in [4.69, 9.17) is 0 Å². The van der Waals surface area contributed by atoms with E-state index >= 15 is 0 Å². The third-order valence-electron chi connectivity index (χ3n) is 6.35. The molecule has 0 aliphatic heterocycles. The van der Waals surface area contributed by atoms with E-state index in [0.717, 1.165) is 42.7 Å². The van der Waals surface area contributed by atoms with Crippen molar-refractivity contribution in [1.82, 2.24) is 5.32 Å². The molecule has 0 aliphatic carbocycles. The maximum Gasteiger partial charge on any atom is 0.226 e. The van der Waals surface area contributed by atoms with E-state index in [1.807, 2.05) is 26.0 Å². The minimum atomic E-state index is -0.0833. The van der Waals surface area contributed by atoms with E-state index < -0.39 is 0 Å². The summed E-state index contributed by atoms with van der Waals surface area (Å²) in [5.74, 6) is -0.0676. The van der Waals surface area contributed by atoms with Crippen molar-refractivity contribution in [2.45, 2.75) is 98.4 Å². The van der Waals surface area contributed by atoms with E-state index in [1.165, 1.54) is 16.7 Å². The zero-order valence-electron chi connectivity index (χ0n) is 23.8. The van der Waals surface area contributed by atoms with Crippen molar-refractivity contribution < 1.29 is 14.9 Å². The summed E-state index contributed by atoms with van der Waals surface area (Å²) in [4.78, 5) is 24.3. The van der Waals surface area contributed by atoms with Crippen LogP contribution < -0.4 is 16.0 Å². The molecule has 0 spiro atoms. The predicted molar refractivity (Wildman–Crippen MR) is 150 cm³/mol. The highest BCUT2D eigenvalue weighted by atomic mass is 16.2. The van der Waals surface area contributed by atoms with Crippen molar-refractivity contribution in [3.63, 3.8) is 0 Å². The normalized spacial score (nSPS) is 11.9. The van der Waals surface area contributed by atoms with Gasteiger partial charge in [0.05, 0.1) is 6.54 Å². The van der Waals surface area contributed by atoms with Gasteiger partial charge in [-0.2, -0.15) is 0 Å². The number of carbonyl (C=O) groups excluding carboxylic acids is 2. The van der Waals surface area contributed by atoms with Crippen LogP contribution in [-0.2, 0) is 27.0 Å². The first kappa shape index (κ1) is 29.6. The molecule has 2 rings (SSSR count). The van der Waals surface area contributed by atoms with Gasteiger partial charge in [0.25, 0.3) is 0 Å². The van der Waals surface area contributed by atoms with Crippen molar-refractivity contribution in [2.75, 3.05) is 18.4 Å². The Bertz CT molecular complexity index is 977. The van der Waals surface area contributed by atoms with Crippen LogP contribution in [0.1, 0.15) is 95.0 Å². The molecule has 0 radical (unpaired) electrons. The monoisotopic (exact) mass is 494 g/mol. The molecule has 0 bridgehead atoms. The number of carbonyl (C=O) groups is 2. The van der Waals surface area contributed by atoms with Crippen LogP contribution in [0.2, 0.25) is 0 Å². The summed E-state index contributed by atoms with van der Waals surface area (Å²) >= 11 is 0. The van der Waals surface area contributed by atoms with Crippen molar-refractivity contribution in [3.05, 3.63) is 64.2 Å². The Balaban J connectivity index is 1.66. The number of quaternary nitrogens is 1. The Morgan fingerprint density at radius 2 is 1.33 bits per heavy atom. The average Bonchev–Trinajstić information content (AvgIpc) is 2.74. The molecule has 4 N–H and O–H groups in total. The lowest BCUT2D eigenvalue weighted by molar-refractivity contribution is -0.670. The van der Waals surface area contributed by atoms with E-state index in [0.29, 0.717) is 13.0 Å².